The number of rotatable bonds is 8. The summed E-state index contributed by atoms with van der Waals surface area (Å²) in [4.78, 5) is 11.1. The first-order valence-electron chi connectivity index (χ1n) is 10.0. The molecular formula is C26H24O4. The molecule has 1 unspecified atom stereocenters. The molecule has 0 saturated heterocycles. The van der Waals surface area contributed by atoms with Gasteiger partial charge in [-0.05, 0) is 45.5 Å². The van der Waals surface area contributed by atoms with Gasteiger partial charge < -0.3 is 14.6 Å². The average molecular weight is 400 g/mol. The molecule has 4 nitrogen and oxygen atoms in total. The number of carboxylic acids is 1. The Labute approximate surface area is 176 Å². The highest BCUT2D eigenvalue weighted by Crippen LogP contribution is 2.43. The Morgan fingerprint density at radius 2 is 1.47 bits per heavy atom. The number of carbonyl (C=O) groups is 1. The molecule has 0 aromatic heterocycles. The fourth-order valence-corrected chi connectivity index (χ4v) is 3.86. The fraction of sp³-hybridized carbons (Fsp3) is 0.192. The maximum atomic E-state index is 11.1. The first kappa shape index (κ1) is 19.9. The summed E-state index contributed by atoms with van der Waals surface area (Å²) in [6, 6.07) is 24.5. The highest BCUT2D eigenvalue weighted by atomic mass is 16.5. The van der Waals surface area contributed by atoms with Gasteiger partial charge in [-0.2, -0.15) is 0 Å². The summed E-state index contributed by atoms with van der Waals surface area (Å²) < 4.78 is 10.9. The van der Waals surface area contributed by atoms with E-state index in [9.17, 15) is 4.79 Å². The van der Waals surface area contributed by atoms with Crippen molar-refractivity contribution in [3.05, 3.63) is 95.6 Å². The Hall–Kier alpha value is -3.37. The molecule has 1 aliphatic rings. The number of carboxylic acid groups (broad SMARTS) is 1. The first-order valence-corrected chi connectivity index (χ1v) is 10.0. The van der Waals surface area contributed by atoms with Gasteiger partial charge in [-0.3, -0.25) is 0 Å². The van der Waals surface area contributed by atoms with E-state index in [1.165, 1.54) is 34.9 Å². The lowest BCUT2D eigenvalue weighted by molar-refractivity contribution is -0.148. The molecule has 3 aromatic rings. The van der Waals surface area contributed by atoms with Crippen LogP contribution in [-0.2, 0) is 16.0 Å². The average Bonchev–Trinajstić information content (AvgIpc) is 3.09. The molecule has 0 bridgehead atoms. The highest BCUT2D eigenvalue weighted by Gasteiger charge is 2.21. The topological polar surface area (TPSA) is 55.8 Å². The van der Waals surface area contributed by atoms with E-state index >= 15 is 0 Å². The summed E-state index contributed by atoms with van der Waals surface area (Å²) >= 11 is 0. The molecule has 4 rings (SSSR count). The van der Waals surface area contributed by atoms with Crippen LogP contribution in [0.2, 0.25) is 0 Å². The molecule has 3 aromatic carbocycles. The van der Waals surface area contributed by atoms with E-state index in [4.69, 9.17) is 14.6 Å². The van der Waals surface area contributed by atoms with E-state index in [1.807, 2.05) is 24.3 Å². The van der Waals surface area contributed by atoms with E-state index in [-0.39, 0.29) is 0 Å². The van der Waals surface area contributed by atoms with Crippen molar-refractivity contribution in [1.29, 1.82) is 0 Å². The van der Waals surface area contributed by atoms with Crippen LogP contribution in [0, 0.1) is 0 Å². The molecule has 1 N–H and O–H groups in total. The maximum Gasteiger partial charge on any atom is 0.333 e. The Balaban J connectivity index is 1.38. The molecule has 0 aliphatic heterocycles. The first-order chi connectivity index (χ1) is 14.7. The van der Waals surface area contributed by atoms with Crippen LogP contribution in [0.3, 0.4) is 0 Å². The second-order valence-corrected chi connectivity index (χ2v) is 7.26. The molecule has 1 aliphatic carbocycles. The summed E-state index contributed by atoms with van der Waals surface area (Å²) in [5.41, 5.74) is 7.28. The lowest BCUT2D eigenvalue weighted by Gasteiger charge is -2.11. The smallest absolute Gasteiger partial charge is 0.333 e. The zero-order valence-corrected chi connectivity index (χ0v) is 16.9. The second kappa shape index (κ2) is 8.97. The van der Waals surface area contributed by atoms with E-state index in [0.717, 1.165) is 17.7 Å². The van der Waals surface area contributed by atoms with Crippen LogP contribution >= 0.6 is 0 Å². The standard InChI is InChI=1S/C26H24O4/c1-29-25(26(27)28)17-18-12-14-19(15-13-18)30-16-6-11-24-22-9-4-2-7-20(22)21-8-3-5-10-23(21)24/h2-5,7-15,25H,6,16-17H2,1H3,(H,27,28). The van der Waals surface area contributed by atoms with Crippen LogP contribution in [0.1, 0.15) is 23.1 Å². The molecule has 0 heterocycles. The molecule has 0 radical (unpaired) electrons. The Morgan fingerprint density at radius 3 is 2.00 bits per heavy atom. The van der Waals surface area contributed by atoms with Crippen molar-refractivity contribution in [2.45, 2.75) is 18.9 Å². The summed E-state index contributed by atoms with van der Waals surface area (Å²) in [5, 5.41) is 9.09. The molecule has 1 atom stereocenters. The molecule has 4 heteroatoms. The van der Waals surface area contributed by atoms with Gasteiger partial charge in [-0.15, -0.1) is 0 Å². The van der Waals surface area contributed by atoms with Gasteiger partial charge in [0.05, 0.1) is 6.61 Å². The monoisotopic (exact) mass is 400 g/mol. The van der Waals surface area contributed by atoms with Crippen LogP contribution in [0.15, 0.2) is 78.9 Å². The minimum atomic E-state index is -0.957. The predicted octanol–water partition coefficient (Wildman–Crippen LogP) is 5.21. The minimum absolute atomic E-state index is 0.330. The third-order valence-electron chi connectivity index (χ3n) is 5.36. The third-order valence-corrected chi connectivity index (χ3v) is 5.36. The van der Waals surface area contributed by atoms with Crippen LogP contribution in [0.5, 0.6) is 5.75 Å². The molecule has 0 saturated carbocycles. The number of ether oxygens (including phenoxy) is 2. The highest BCUT2D eigenvalue weighted by molar-refractivity contribution is 6.01. The SMILES string of the molecule is COC(Cc1ccc(OCCC=C2c3ccccc3-c3ccccc32)cc1)C(=O)O. The summed E-state index contributed by atoms with van der Waals surface area (Å²) in [6.07, 6.45) is 2.54. The quantitative estimate of drug-likeness (QED) is 0.413. The number of fused-ring (bicyclic) bond motifs is 3. The van der Waals surface area contributed by atoms with Gasteiger partial charge in [0.2, 0.25) is 0 Å². The summed E-state index contributed by atoms with van der Waals surface area (Å²) in [7, 11) is 1.41. The molecule has 0 amide bonds. The van der Waals surface area contributed by atoms with Crippen molar-refractivity contribution < 1.29 is 19.4 Å². The van der Waals surface area contributed by atoms with Gasteiger partial charge >= 0.3 is 5.97 Å². The number of benzene rings is 3. The number of aliphatic carboxylic acids is 1. The number of hydrogen-bond donors (Lipinski definition) is 1. The maximum absolute atomic E-state index is 11.1. The van der Waals surface area contributed by atoms with E-state index < -0.39 is 12.1 Å². The Morgan fingerprint density at radius 1 is 0.900 bits per heavy atom. The third kappa shape index (κ3) is 4.14. The van der Waals surface area contributed by atoms with Gasteiger partial charge in [0.1, 0.15) is 5.75 Å². The largest absolute Gasteiger partial charge is 0.493 e. The van der Waals surface area contributed by atoms with Crippen molar-refractivity contribution >= 4 is 11.5 Å². The van der Waals surface area contributed by atoms with Crippen LogP contribution in [-0.4, -0.2) is 30.9 Å². The zero-order valence-electron chi connectivity index (χ0n) is 16.9. The lowest BCUT2D eigenvalue weighted by Crippen LogP contribution is -2.24. The van der Waals surface area contributed by atoms with Gasteiger partial charge in [0, 0.05) is 20.0 Å². The molecule has 152 valence electrons. The van der Waals surface area contributed by atoms with Crippen molar-refractivity contribution in [3.63, 3.8) is 0 Å². The van der Waals surface area contributed by atoms with Gasteiger partial charge in [-0.1, -0.05) is 66.7 Å². The minimum Gasteiger partial charge on any atom is -0.493 e. The Kier molecular flexibility index (Phi) is 5.96. The van der Waals surface area contributed by atoms with E-state index in [1.54, 1.807) is 0 Å². The van der Waals surface area contributed by atoms with Crippen molar-refractivity contribution in [3.8, 4) is 16.9 Å². The second-order valence-electron chi connectivity index (χ2n) is 7.26. The lowest BCUT2D eigenvalue weighted by atomic mass is 10.0. The van der Waals surface area contributed by atoms with Gasteiger partial charge in [0.15, 0.2) is 6.10 Å². The van der Waals surface area contributed by atoms with Crippen molar-refractivity contribution in [1.82, 2.24) is 0 Å². The molecule has 0 fully saturated rings. The summed E-state index contributed by atoms with van der Waals surface area (Å²) in [5.74, 6) is -0.186. The number of hydrogen-bond acceptors (Lipinski definition) is 3. The van der Waals surface area contributed by atoms with Crippen LogP contribution in [0.25, 0.3) is 16.7 Å². The van der Waals surface area contributed by atoms with Crippen molar-refractivity contribution in [2.75, 3.05) is 13.7 Å². The Bertz CT molecular complexity index is 1020. The summed E-state index contributed by atoms with van der Waals surface area (Å²) in [6.45, 7) is 0.572. The zero-order chi connectivity index (χ0) is 20.9. The molecule has 0 spiro atoms. The van der Waals surface area contributed by atoms with Crippen LogP contribution < -0.4 is 4.74 Å². The molecule has 30 heavy (non-hydrogen) atoms. The molecular weight excluding hydrogens is 376 g/mol. The fourth-order valence-electron chi connectivity index (χ4n) is 3.86. The van der Waals surface area contributed by atoms with Crippen molar-refractivity contribution in [2.24, 2.45) is 0 Å². The predicted molar refractivity (Wildman–Crippen MR) is 118 cm³/mol. The number of methoxy groups -OCH3 is 1. The normalized spacial score (nSPS) is 12.8. The van der Waals surface area contributed by atoms with E-state index in [0.29, 0.717) is 13.0 Å². The van der Waals surface area contributed by atoms with E-state index in [2.05, 4.69) is 54.6 Å². The van der Waals surface area contributed by atoms with Gasteiger partial charge in [-0.25, -0.2) is 4.79 Å². The van der Waals surface area contributed by atoms with Gasteiger partial charge in [0.25, 0.3) is 0 Å². The van der Waals surface area contributed by atoms with Crippen LogP contribution in [0.4, 0.5) is 0 Å².